The summed E-state index contributed by atoms with van der Waals surface area (Å²) < 4.78 is 0. The fourth-order valence-electron chi connectivity index (χ4n) is 1.31. The Morgan fingerprint density at radius 2 is 2.27 bits per heavy atom. The first-order chi connectivity index (χ1) is 7.10. The molecular weight excluding hydrogens is 196 g/mol. The van der Waals surface area contributed by atoms with Gasteiger partial charge < -0.3 is 0 Å². The van der Waals surface area contributed by atoms with E-state index in [1.807, 2.05) is 6.07 Å². The van der Waals surface area contributed by atoms with Crippen molar-refractivity contribution in [1.29, 1.82) is 5.26 Å². The normalized spacial score (nSPS) is 9.33. The van der Waals surface area contributed by atoms with Crippen LogP contribution in [0.4, 0.5) is 5.69 Å². The molecule has 0 radical (unpaired) electrons. The lowest BCUT2D eigenvalue weighted by atomic mass is 10.0. The zero-order valence-corrected chi connectivity index (χ0v) is 8.06. The maximum absolute atomic E-state index is 10.7. The van der Waals surface area contributed by atoms with Gasteiger partial charge in [-0.25, -0.2) is 0 Å². The Labute approximate surface area is 86.1 Å². The van der Waals surface area contributed by atoms with E-state index in [4.69, 9.17) is 5.26 Å². The fraction of sp³-hybridized carbons (Fsp3) is 0.200. The first-order valence-corrected chi connectivity index (χ1v) is 4.20. The van der Waals surface area contributed by atoms with Crippen molar-refractivity contribution in [3.05, 3.63) is 38.9 Å². The molecular formula is C10H8N2O3. The smallest absolute Gasteiger partial charge is 0.272 e. The molecule has 1 aromatic carbocycles. The van der Waals surface area contributed by atoms with Crippen molar-refractivity contribution in [2.24, 2.45) is 0 Å². The molecule has 5 heteroatoms. The summed E-state index contributed by atoms with van der Waals surface area (Å²) in [5.41, 5.74) is 1.08. The lowest BCUT2D eigenvalue weighted by Crippen LogP contribution is -1.98. The predicted molar refractivity (Wildman–Crippen MR) is 52.5 cm³/mol. The second-order valence-electron chi connectivity index (χ2n) is 3.05. The van der Waals surface area contributed by atoms with Crippen molar-refractivity contribution in [1.82, 2.24) is 0 Å². The lowest BCUT2D eigenvalue weighted by Gasteiger charge is -2.02. The molecule has 1 rings (SSSR count). The number of carbonyl (C=O) groups is 1. The van der Waals surface area contributed by atoms with Gasteiger partial charge in [0, 0.05) is 17.2 Å². The van der Waals surface area contributed by atoms with E-state index in [0.717, 1.165) is 0 Å². The highest BCUT2D eigenvalue weighted by molar-refractivity contribution is 5.79. The first-order valence-electron chi connectivity index (χ1n) is 4.20. The Balaban J connectivity index is 3.37. The van der Waals surface area contributed by atoms with Gasteiger partial charge in [-0.05, 0) is 18.6 Å². The summed E-state index contributed by atoms with van der Waals surface area (Å²) in [6.45, 7) is 1.56. The molecule has 76 valence electrons. The molecule has 15 heavy (non-hydrogen) atoms. The van der Waals surface area contributed by atoms with Gasteiger partial charge in [0.2, 0.25) is 0 Å². The summed E-state index contributed by atoms with van der Waals surface area (Å²) >= 11 is 0. The third-order valence-corrected chi connectivity index (χ3v) is 2.05. The van der Waals surface area contributed by atoms with Gasteiger partial charge in [-0.2, -0.15) is 5.26 Å². The highest BCUT2D eigenvalue weighted by Gasteiger charge is 2.14. The number of hydrogen-bond donors (Lipinski definition) is 0. The molecule has 0 saturated heterocycles. The molecule has 0 heterocycles. The topological polar surface area (TPSA) is 84.0 Å². The molecule has 0 spiro atoms. The van der Waals surface area contributed by atoms with E-state index < -0.39 is 4.92 Å². The molecule has 0 atom stereocenters. The van der Waals surface area contributed by atoms with Crippen LogP contribution in [0.2, 0.25) is 0 Å². The molecule has 0 aromatic heterocycles. The summed E-state index contributed by atoms with van der Waals surface area (Å²) in [4.78, 5) is 20.7. The Morgan fingerprint density at radius 3 is 2.73 bits per heavy atom. The van der Waals surface area contributed by atoms with Crippen LogP contribution in [0.5, 0.6) is 0 Å². The molecule has 0 aliphatic carbocycles. The minimum Gasteiger partial charge on any atom is -0.298 e. The molecule has 1 aromatic rings. The highest BCUT2D eigenvalue weighted by Crippen LogP contribution is 2.22. The third-order valence-electron chi connectivity index (χ3n) is 2.05. The van der Waals surface area contributed by atoms with E-state index in [9.17, 15) is 14.9 Å². The van der Waals surface area contributed by atoms with Gasteiger partial charge in [-0.1, -0.05) is 0 Å². The van der Waals surface area contributed by atoms with Crippen LogP contribution >= 0.6 is 0 Å². The van der Waals surface area contributed by atoms with Crippen LogP contribution in [-0.2, 0) is 6.42 Å². The molecule has 0 bridgehead atoms. The number of nitrogens with zero attached hydrogens (tertiary/aromatic N) is 2. The van der Waals surface area contributed by atoms with E-state index in [0.29, 0.717) is 23.0 Å². The van der Waals surface area contributed by atoms with Gasteiger partial charge in [-0.3, -0.25) is 14.9 Å². The number of nitro benzene ring substituents is 1. The zero-order valence-electron chi connectivity index (χ0n) is 8.06. The van der Waals surface area contributed by atoms with E-state index in [2.05, 4.69) is 0 Å². The summed E-state index contributed by atoms with van der Waals surface area (Å²) in [5, 5.41) is 19.1. The average molecular weight is 204 g/mol. The van der Waals surface area contributed by atoms with Crippen LogP contribution in [0, 0.1) is 28.4 Å². The van der Waals surface area contributed by atoms with E-state index in [1.54, 1.807) is 6.92 Å². The molecule has 0 N–H and O–H groups in total. The van der Waals surface area contributed by atoms with Crippen LogP contribution in [0.25, 0.3) is 0 Å². The molecule has 5 nitrogen and oxygen atoms in total. The van der Waals surface area contributed by atoms with Crippen LogP contribution in [-0.4, -0.2) is 11.2 Å². The Kier molecular flexibility index (Phi) is 3.13. The fourth-order valence-corrected chi connectivity index (χ4v) is 1.31. The van der Waals surface area contributed by atoms with Crippen LogP contribution in [0.1, 0.15) is 21.5 Å². The standard InChI is InChI=1S/C10H8N2O3/c1-7-4-9(6-13)8(2-3-11)5-10(7)12(14)15/h4-6H,2H2,1H3. The zero-order chi connectivity index (χ0) is 11.4. The Bertz CT molecular complexity index is 460. The number of nitro groups is 1. The Morgan fingerprint density at radius 1 is 1.60 bits per heavy atom. The SMILES string of the molecule is Cc1cc(C=O)c(CC#N)cc1[N+](=O)[O-]. The summed E-state index contributed by atoms with van der Waals surface area (Å²) in [5.74, 6) is 0. The number of nitriles is 1. The second kappa shape index (κ2) is 4.33. The van der Waals surface area contributed by atoms with Crippen molar-refractivity contribution in [3.63, 3.8) is 0 Å². The highest BCUT2D eigenvalue weighted by atomic mass is 16.6. The van der Waals surface area contributed by atoms with E-state index in [1.165, 1.54) is 12.1 Å². The first kappa shape index (κ1) is 10.9. The summed E-state index contributed by atoms with van der Waals surface area (Å²) in [6, 6.07) is 4.57. The second-order valence-corrected chi connectivity index (χ2v) is 3.05. The van der Waals surface area contributed by atoms with Gasteiger partial charge in [-0.15, -0.1) is 0 Å². The lowest BCUT2D eigenvalue weighted by molar-refractivity contribution is -0.385. The molecule has 0 fully saturated rings. The summed E-state index contributed by atoms with van der Waals surface area (Å²) in [7, 11) is 0. The quantitative estimate of drug-likeness (QED) is 0.426. The van der Waals surface area contributed by atoms with Gasteiger partial charge in [0.25, 0.3) is 5.69 Å². The number of rotatable bonds is 3. The number of aldehydes is 1. The molecule has 0 amide bonds. The van der Waals surface area contributed by atoms with Crippen molar-refractivity contribution < 1.29 is 9.72 Å². The van der Waals surface area contributed by atoms with Gasteiger partial charge in [0.1, 0.15) is 6.29 Å². The third kappa shape index (κ3) is 2.17. The van der Waals surface area contributed by atoms with Gasteiger partial charge >= 0.3 is 0 Å². The number of carbonyl (C=O) groups excluding carboxylic acids is 1. The Hall–Kier alpha value is -2.22. The van der Waals surface area contributed by atoms with Crippen LogP contribution in [0.15, 0.2) is 12.1 Å². The van der Waals surface area contributed by atoms with Crippen molar-refractivity contribution in [2.45, 2.75) is 13.3 Å². The van der Waals surface area contributed by atoms with Crippen molar-refractivity contribution in [2.75, 3.05) is 0 Å². The molecule has 0 aliphatic heterocycles. The maximum Gasteiger partial charge on any atom is 0.272 e. The number of hydrogen-bond acceptors (Lipinski definition) is 4. The van der Waals surface area contributed by atoms with Crippen molar-refractivity contribution in [3.8, 4) is 6.07 Å². The van der Waals surface area contributed by atoms with Gasteiger partial charge in [0.15, 0.2) is 0 Å². The maximum atomic E-state index is 10.7. The van der Waals surface area contributed by atoms with Crippen LogP contribution in [0.3, 0.4) is 0 Å². The number of aryl methyl sites for hydroxylation is 1. The van der Waals surface area contributed by atoms with Crippen LogP contribution < -0.4 is 0 Å². The molecule has 0 saturated carbocycles. The van der Waals surface area contributed by atoms with E-state index >= 15 is 0 Å². The minimum absolute atomic E-state index is 0.00477. The molecule has 0 unspecified atom stereocenters. The monoisotopic (exact) mass is 204 g/mol. The van der Waals surface area contributed by atoms with Gasteiger partial charge in [0.05, 0.1) is 17.4 Å². The largest absolute Gasteiger partial charge is 0.298 e. The minimum atomic E-state index is -0.523. The summed E-state index contributed by atoms with van der Waals surface area (Å²) in [6.07, 6.45) is 0.596. The van der Waals surface area contributed by atoms with E-state index in [-0.39, 0.29) is 12.1 Å². The molecule has 0 aliphatic rings. The predicted octanol–water partition coefficient (Wildman–Crippen LogP) is 1.78. The van der Waals surface area contributed by atoms with Crippen molar-refractivity contribution >= 4 is 12.0 Å². The number of benzene rings is 1. The average Bonchev–Trinajstić information content (AvgIpc) is 2.20.